The molecule has 1 atom stereocenters. The molecule has 0 aliphatic carbocycles. The molecule has 1 unspecified atom stereocenters. The van der Waals surface area contributed by atoms with E-state index in [1.165, 1.54) is 12.8 Å². The van der Waals surface area contributed by atoms with Crippen molar-refractivity contribution >= 4 is 17.1 Å². The maximum atomic E-state index is 13.3. The number of rotatable bonds is 3. The van der Waals surface area contributed by atoms with Crippen molar-refractivity contribution in [3.63, 3.8) is 0 Å². The number of aromatic nitrogens is 2. The summed E-state index contributed by atoms with van der Waals surface area (Å²) in [4.78, 5) is 25.1. The molecule has 6 heteroatoms. The SMILES string of the molecule is CCCC1CCN(C(=O)N2CCOc3c(C)cc(-c4ccc5nc(C)[nH]c5c4)cc3C2)C1. The van der Waals surface area contributed by atoms with Crippen LogP contribution in [0.5, 0.6) is 5.75 Å². The van der Waals surface area contributed by atoms with E-state index in [1.54, 1.807) is 0 Å². The fourth-order valence-electron chi connectivity index (χ4n) is 5.21. The Balaban J connectivity index is 1.41. The van der Waals surface area contributed by atoms with E-state index in [2.05, 4.69) is 54.1 Å². The highest BCUT2D eigenvalue weighted by Gasteiger charge is 2.30. The normalized spacial score (nSPS) is 18.5. The number of fused-ring (bicyclic) bond motifs is 2. The van der Waals surface area contributed by atoms with Crippen LogP contribution in [0, 0.1) is 19.8 Å². The Morgan fingerprint density at radius 2 is 2.03 bits per heavy atom. The Morgan fingerprint density at radius 3 is 2.88 bits per heavy atom. The van der Waals surface area contributed by atoms with E-state index in [0.29, 0.717) is 25.6 Å². The van der Waals surface area contributed by atoms with E-state index in [4.69, 9.17) is 4.74 Å². The zero-order chi connectivity index (χ0) is 22.2. The second-order valence-corrected chi connectivity index (χ2v) is 9.28. The number of likely N-dealkylation sites (tertiary alicyclic amines) is 1. The van der Waals surface area contributed by atoms with Gasteiger partial charge in [-0.25, -0.2) is 9.78 Å². The van der Waals surface area contributed by atoms with E-state index < -0.39 is 0 Å². The highest BCUT2D eigenvalue weighted by Crippen LogP contribution is 2.34. The van der Waals surface area contributed by atoms with Crippen molar-refractivity contribution in [2.75, 3.05) is 26.2 Å². The van der Waals surface area contributed by atoms with Gasteiger partial charge in [0, 0.05) is 18.7 Å². The molecule has 2 aliphatic heterocycles. The lowest BCUT2D eigenvalue weighted by Gasteiger charge is -2.26. The number of carbonyl (C=O) groups is 1. The quantitative estimate of drug-likeness (QED) is 0.612. The van der Waals surface area contributed by atoms with Crippen LogP contribution in [0.25, 0.3) is 22.2 Å². The number of aryl methyl sites for hydroxylation is 2. The average molecular weight is 433 g/mol. The molecule has 1 fully saturated rings. The van der Waals surface area contributed by atoms with Gasteiger partial charge in [-0.1, -0.05) is 19.4 Å². The lowest BCUT2D eigenvalue weighted by molar-refractivity contribution is 0.153. The first kappa shape index (κ1) is 20.9. The number of aromatic amines is 1. The third-order valence-corrected chi connectivity index (χ3v) is 6.78. The Kier molecular flexibility index (Phi) is 5.53. The summed E-state index contributed by atoms with van der Waals surface area (Å²) in [5.74, 6) is 2.49. The average Bonchev–Trinajstić information content (AvgIpc) is 3.32. The van der Waals surface area contributed by atoms with Crippen molar-refractivity contribution in [3.8, 4) is 16.9 Å². The molecule has 1 N–H and O–H groups in total. The van der Waals surface area contributed by atoms with Gasteiger partial charge in [0.05, 0.1) is 24.1 Å². The molecule has 32 heavy (non-hydrogen) atoms. The zero-order valence-corrected chi connectivity index (χ0v) is 19.3. The Labute approximate surface area is 189 Å². The number of ether oxygens (including phenoxy) is 1. The Morgan fingerprint density at radius 1 is 1.16 bits per heavy atom. The molecule has 5 rings (SSSR count). The summed E-state index contributed by atoms with van der Waals surface area (Å²) in [6.07, 6.45) is 3.52. The fraction of sp³-hybridized carbons (Fsp3) is 0.462. The van der Waals surface area contributed by atoms with Crippen LogP contribution in [0.3, 0.4) is 0 Å². The first-order valence-electron chi connectivity index (χ1n) is 11.8. The van der Waals surface area contributed by atoms with E-state index in [1.807, 2.05) is 16.7 Å². The van der Waals surface area contributed by atoms with Crippen LogP contribution < -0.4 is 4.74 Å². The predicted molar refractivity (Wildman–Crippen MR) is 127 cm³/mol. The highest BCUT2D eigenvalue weighted by atomic mass is 16.5. The maximum Gasteiger partial charge on any atom is 0.320 e. The summed E-state index contributed by atoms with van der Waals surface area (Å²) in [5.41, 5.74) is 6.47. The second-order valence-electron chi connectivity index (χ2n) is 9.28. The van der Waals surface area contributed by atoms with Gasteiger partial charge >= 0.3 is 6.03 Å². The van der Waals surface area contributed by atoms with Gasteiger partial charge in [0.15, 0.2) is 0 Å². The van der Waals surface area contributed by atoms with Gasteiger partial charge in [-0.15, -0.1) is 0 Å². The van der Waals surface area contributed by atoms with Crippen molar-refractivity contribution in [3.05, 3.63) is 47.3 Å². The lowest BCUT2D eigenvalue weighted by Crippen LogP contribution is -2.42. The van der Waals surface area contributed by atoms with Gasteiger partial charge in [-0.05, 0) is 73.6 Å². The summed E-state index contributed by atoms with van der Waals surface area (Å²) in [7, 11) is 0. The number of H-pyrrole nitrogens is 1. The standard InChI is InChI=1S/C26H32N4O2/c1-4-5-19-8-9-29(15-19)26(31)30-10-11-32-25-17(2)12-21(13-22(25)16-30)20-6-7-23-24(14-20)28-18(3)27-23/h6-7,12-14,19H,4-5,8-11,15-16H2,1-3H3,(H,27,28). The summed E-state index contributed by atoms with van der Waals surface area (Å²) in [6, 6.07) is 10.8. The van der Waals surface area contributed by atoms with E-state index in [9.17, 15) is 4.79 Å². The number of hydrogen-bond donors (Lipinski definition) is 1. The van der Waals surface area contributed by atoms with Crippen LogP contribution in [-0.4, -0.2) is 52.0 Å². The molecule has 168 valence electrons. The van der Waals surface area contributed by atoms with Crippen molar-refractivity contribution in [2.24, 2.45) is 5.92 Å². The van der Waals surface area contributed by atoms with Crippen LogP contribution in [0.2, 0.25) is 0 Å². The van der Waals surface area contributed by atoms with Crippen LogP contribution in [-0.2, 0) is 6.54 Å². The van der Waals surface area contributed by atoms with Gasteiger partial charge in [0.2, 0.25) is 0 Å². The largest absolute Gasteiger partial charge is 0.491 e. The molecule has 1 aromatic heterocycles. The van der Waals surface area contributed by atoms with Crippen molar-refractivity contribution in [1.29, 1.82) is 0 Å². The van der Waals surface area contributed by atoms with Crippen molar-refractivity contribution in [2.45, 2.75) is 46.6 Å². The number of carbonyl (C=O) groups excluding carboxylic acids is 1. The molecule has 3 heterocycles. The summed E-state index contributed by atoms with van der Waals surface area (Å²) >= 11 is 0. The van der Waals surface area contributed by atoms with Gasteiger partial charge in [-0.2, -0.15) is 0 Å². The molecule has 3 aromatic rings. The third-order valence-electron chi connectivity index (χ3n) is 6.78. The molecule has 1 saturated heterocycles. The predicted octanol–water partition coefficient (Wildman–Crippen LogP) is 5.28. The first-order chi connectivity index (χ1) is 15.5. The van der Waals surface area contributed by atoms with Crippen molar-refractivity contribution < 1.29 is 9.53 Å². The van der Waals surface area contributed by atoms with Crippen LogP contribution in [0.15, 0.2) is 30.3 Å². The molecule has 0 bridgehead atoms. The topological polar surface area (TPSA) is 61.5 Å². The Bertz CT molecular complexity index is 1150. The molecule has 2 aromatic carbocycles. The number of nitrogens with zero attached hydrogens (tertiary/aromatic N) is 3. The van der Waals surface area contributed by atoms with Crippen LogP contribution in [0.1, 0.15) is 43.1 Å². The summed E-state index contributed by atoms with van der Waals surface area (Å²) in [6.45, 7) is 9.79. The highest BCUT2D eigenvalue weighted by molar-refractivity contribution is 5.82. The van der Waals surface area contributed by atoms with E-state index >= 15 is 0 Å². The summed E-state index contributed by atoms with van der Waals surface area (Å²) in [5, 5.41) is 0. The van der Waals surface area contributed by atoms with Crippen LogP contribution >= 0.6 is 0 Å². The molecule has 0 radical (unpaired) electrons. The minimum Gasteiger partial charge on any atom is -0.491 e. The minimum absolute atomic E-state index is 0.150. The number of benzene rings is 2. The number of imidazole rings is 1. The number of nitrogens with one attached hydrogen (secondary N) is 1. The number of urea groups is 1. The third kappa shape index (κ3) is 3.94. The summed E-state index contributed by atoms with van der Waals surface area (Å²) < 4.78 is 6.12. The number of hydrogen-bond acceptors (Lipinski definition) is 3. The Hall–Kier alpha value is -3.02. The second kappa shape index (κ2) is 8.49. The van der Waals surface area contributed by atoms with E-state index in [0.717, 1.165) is 64.4 Å². The van der Waals surface area contributed by atoms with Gasteiger partial charge in [0.1, 0.15) is 18.2 Å². The minimum atomic E-state index is 0.150. The molecular formula is C26H32N4O2. The van der Waals surface area contributed by atoms with E-state index in [-0.39, 0.29) is 6.03 Å². The smallest absolute Gasteiger partial charge is 0.320 e. The molecule has 2 amide bonds. The van der Waals surface area contributed by atoms with Gasteiger partial charge in [0.25, 0.3) is 0 Å². The monoisotopic (exact) mass is 432 g/mol. The molecule has 2 aliphatic rings. The molecule has 0 spiro atoms. The maximum absolute atomic E-state index is 13.3. The first-order valence-corrected chi connectivity index (χ1v) is 11.8. The molecular weight excluding hydrogens is 400 g/mol. The zero-order valence-electron chi connectivity index (χ0n) is 19.3. The lowest BCUT2D eigenvalue weighted by atomic mass is 9.98. The molecule has 0 saturated carbocycles. The van der Waals surface area contributed by atoms with Gasteiger partial charge in [-0.3, -0.25) is 0 Å². The molecule has 6 nitrogen and oxygen atoms in total. The fourth-order valence-corrected chi connectivity index (χ4v) is 5.21. The van der Waals surface area contributed by atoms with Crippen LogP contribution in [0.4, 0.5) is 4.79 Å². The van der Waals surface area contributed by atoms with Crippen molar-refractivity contribution in [1.82, 2.24) is 19.8 Å². The van der Waals surface area contributed by atoms with Gasteiger partial charge < -0.3 is 19.5 Å². The number of amides is 2.